The summed E-state index contributed by atoms with van der Waals surface area (Å²) >= 11 is 0. The van der Waals surface area contributed by atoms with E-state index in [9.17, 15) is 21.9 Å². The van der Waals surface area contributed by atoms with Gasteiger partial charge in [-0.05, 0) is 44.5 Å². The Labute approximate surface area is 233 Å². The maximum Gasteiger partial charge on any atom is 0.244 e. The molecular formula is C25H34N6O7S2. The Balaban J connectivity index is 1.09. The fraction of sp³-hybridized carbons (Fsp3) is 0.520. The third-order valence-corrected chi connectivity index (χ3v) is 10.8. The number of pyridine rings is 1. The first-order chi connectivity index (χ1) is 19.0. The van der Waals surface area contributed by atoms with Crippen molar-refractivity contribution in [1.82, 2.24) is 28.9 Å². The Hall–Kier alpha value is -2.66. The number of aromatic nitrogens is 3. The number of nitrogens with one attached hydrogen (secondary N) is 2. The smallest absolute Gasteiger partial charge is 0.244 e. The predicted octanol–water partition coefficient (Wildman–Crippen LogP) is 0.218. The van der Waals surface area contributed by atoms with Gasteiger partial charge in [-0.3, -0.25) is 0 Å². The second kappa shape index (κ2) is 11.3. The summed E-state index contributed by atoms with van der Waals surface area (Å²) in [6.07, 6.45) is 3.99. The summed E-state index contributed by atoms with van der Waals surface area (Å²) < 4.78 is 67.7. The van der Waals surface area contributed by atoms with Crippen LogP contribution in [0.2, 0.25) is 0 Å². The molecule has 13 nitrogen and oxygen atoms in total. The van der Waals surface area contributed by atoms with Crippen LogP contribution < -0.4 is 14.8 Å². The van der Waals surface area contributed by atoms with Gasteiger partial charge in [-0.1, -0.05) is 6.07 Å². The molecule has 0 saturated carbocycles. The third-order valence-electron chi connectivity index (χ3n) is 7.50. The van der Waals surface area contributed by atoms with Crippen molar-refractivity contribution in [2.75, 3.05) is 39.9 Å². The van der Waals surface area contributed by atoms with Crippen LogP contribution in [0.15, 0.2) is 52.6 Å². The lowest BCUT2D eigenvalue weighted by molar-refractivity contribution is -0.0312. The van der Waals surface area contributed by atoms with Gasteiger partial charge in [0.15, 0.2) is 5.65 Å². The second-order valence-corrected chi connectivity index (χ2v) is 14.0. The van der Waals surface area contributed by atoms with Crippen LogP contribution in [0.1, 0.15) is 19.3 Å². The zero-order valence-electron chi connectivity index (χ0n) is 22.4. The second-order valence-electron chi connectivity index (χ2n) is 10.2. The summed E-state index contributed by atoms with van der Waals surface area (Å²) in [5, 5.41) is 13.7. The Morgan fingerprint density at radius 3 is 2.70 bits per heavy atom. The molecule has 2 saturated heterocycles. The normalized spacial score (nSPS) is 20.7. The molecule has 1 aromatic carbocycles. The number of piperidine rings is 1. The fourth-order valence-corrected chi connectivity index (χ4v) is 7.31. The summed E-state index contributed by atoms with van der Waals surface area (Å²) in [4.78, 5) is 8.58. The van der Waals surface area contributed by atoms with E-state index in [0.29, 0.717) is 55.9 Å². The highest BCUT2D eigenvalue weighted by atomic mass is 32.2. The van der Waals surface area contributed by atoms with Crippen LogP contribution in [0, 0.1) is 0 Å². The molecule has 0 radical (unpaired) electrons. The van der Waals surface area contributed by atoms with Crippen molar-refractivity contribution in [3.05, 3.63) is 42.9 Å². The molecule has 2 atom stereocenters. The topological polar surface area (TPSA) is 165 Å². The lowest BCUT2D eigenvalue weighted by Gasteiger charge is -2.38. The van der Waals surface area contributed by atoms with Crippen LogP contribution in [0.5, 0.6) is 5.75 Å². The van der Waals surface area contributed by atoms with E-state index in [-0.39, 0.29) is 29.0 Å². The SMILES string of the molecule is CNS(=O)(=O)c1cccc(OC[C@@H](O)CN[C@H]2COC3(CCN(S(=O)(=O)c4cnc5ncn(C)c5c4)CC3)C2)c1. The zero-order valence-corrected chi connectivity index (χ0v) is 24.0. The minimum Gasteiger partial charge on any atom is -0.491 e. The summed E-state index contributed by atoms with van der Waals surface area (Å²) in [6.45, 7) is 1.41. The number of hydrogen-bond acceptors (Lipinski definition) is 10. The number of benzene rings is 1. The number of sulfonamides is 2. The molecular weight excluding hydrogens is 560 g/mol. The molecule has 3 N–H and O–H groups in total. The standard InChI is InChI=1S/C25H34N6O7S2/c1-26-39(33,34)21-5-3-4-20(10-21)37-16-19(32)13-27-18-12-25(38-15-18)6-8-31(9-7-25)40(35,36)22-11-23-24(28-14-22)29-17-30(23)2/h3-5,10-11,14,17-19,26-27,32H,6-9,12-13,15-16H2,1-2H3/t18-,19+/m1/s1. The molecule has 3 aromatic rings. The fourth-order valence-electron chi connectivity index (χ4n) is 5.14. The van der Waals surface area contributed by atoms with Crippen LogP contribution >= 0.6 is 0 Å². The van der Waals surface area contributed by atoms with Gasteiger partial charge in [0.2, 0.25) is 20.0 Å². The Morgan fingerprint density at radius 1 is 1.18 bits per heavy atom. The molecule has 2 aromatic heterocycles. The number of hydrogen-bond donors (Lipinski definition) is 3. The first-order valence-corrected chi connectivity index (χ1v) is 15.9. The molecule has 5 rings (SSSR count). The van der Waals surface area contributed by atoms with Crippen LogP contribution in [0.3, 0.4) is 0 Å². The maximum absolute atomic E-state index is 13.3. The van der Waals surface area contributed by atoms with E-state index < -0.39 is 31.8 Å². The molecule has 0 bridgehead atoms. The third kappa shape index (κ3) is 6.00. The Bertz CT molecular complexity index is 1570. The van der Waals surface area contributed by atoms with Crippen LogP contribution in [-0.4, -0.2) is 98.4 Å². The van der Waals surface area contributed by atoms with Crippen molar-refractivity contribution in [2.24, 2.45) is 7.05 Å². The van der Waals surface area contributed by atoms with E-state index in [1.807, 2.05) is 0 Å². The number of ether oxygens (including phenoxy) is 2. The molecule has 15 heteroatoms. The molecule has 0 amide bonds. The molecule has 1 spiro atoms. The van der Waals surface area contributed by atoms with Crippen molar-refractivity contribution in [3.63, 3.8) is 0 Å². The van der Waals surface area contributed by atoms with Gasteiger partial charge in [-0.15, -0.1) is 0 Å². The highest BCUT2D eigenvalue weighted by Crippen LogP contribution is 2.37. The highest BCUT2D eigenvalue weighted by molar-refractivity contribution is 7.89. The van der Waals surface area contributed by atoms with Gasteiger partial charge < -0.3 is 24.5 Å². The minimum absolute atomic E-state index is 0.0124. The average Bonchev–Trinajstić information content (AvgIpc) is 3.53. The van der Waals surface area contributed by atoms with E-state index in [2.05, 4.69) is 20.0 Å². The molecule has 0 aliphatic carbocycles. The first-order valence-electron chi connectivity index (χ1n) is 13.0. The van der Waals surface area contributed by atoms with Gasteiger partial charge in [0.1, 0.15) is 23.4 Å². The summed E-state index contributed by atoms with van der Waals surface area (Å²) in [5.74, 6) is 0.344. The first kappa shape index (κ1) is 28.9. The lowest BCUT2D eigenvalue weighted by Crippen LogP contribution is -2.47. The molecule has 2 aliphatic rings. The molecule has 2 fully saturated rings. The summed E-state index contributed by atoms with van der Waals surface area (Å²) in [5.41, 5.74) is 0.752. The van der Waals surface area contributed by atoms with Crippen molar-refractivity contribution in [2.45, 2.75) is 46.8 Å². The van der Waals surface area contributed by atoms with E-state index >= 15 is 0 Å². The average molecular weight is 595 g/mol. The van der Waals surface area contributed by atoms with E-state index in [0.717, 1.165) is 0 Å². The summed E-state index contributed by atoms with van der Waals surface area (Å²) in [7, 11) is -4.15. The Kier molecular flexibility index (Phi) is 8.16. The maximum atomic E-state index is 13.3. The van der Waals surface area contributed by atoms with E-state index in [1.54, 1.807) is 36.1 Å². The monoisotopic (exact) mass is 594 g/mol. The van der Waals surface area contributed by atoms with Gasteiger partial charge in [-0.2, -0.15) is 4.31 Å². The minimum atomic E-state index is -3.70. The predicted molar refractivity (Wildman–Crippen MR) is 146 cm³/mol. The van der Waals surface area contributed by atoms with E-state index in [1.165, 1.54) is 29.7 Å². The number of rotatable bonds is 10. The van der Waals surface area contributed by atoms with Crippen molar-refractivity contribution < 1.29 is 31.4 Å². The van der Waals surface area contributed by atoms with Crippen LogP contribution in [-0.2, 0) is 31.8 Å². The van der Waals surface area contributed by atoms with Crippen molar-refractivity contribution in [3.8, 4) is 5.75 Å². The number of aliphatic hydroxyl groups is 1. The quantitative estimate of drug-likeness (QED) is 0.296. The van der Waals surface area contributed by atoms with Gasteiger partial charge in [0, 0.05) is 45.0 Å². The summed E-state index contributed by atoms with van der Waals surface area (Å²) in [6, 6.07) is 7.69. The van der Waals surface area contributed by atoms with Gasteiger partial charge in [0.25, 0.3) is 0 Å². The van der Waals surface area contributed by atoms with Crippen molar-refractivity contribution in [1.29, 1.82) is 0 Å². The molecule has 218 valence electrons. The van der Waals surface area contributed by atoms with Gasteiger partial charge in [-0.25, -0.2) is 31.5 Å². The number of fused-ring (bicyclic) bond motifs is 1. The van der Waals surface area contributed by atoms with Gasteiger partial charge in [0.05, 0.1) is 28.9 Å². The van der Waals surface area contributed by atoms with Crippen molar-refractivity contribution >= 4 is 31.2 Å². The highest BCUT2D eigenvalue weighted by Gasteiger charge is 2.44. The Morgan fingerprint density at radius 2 is 1.95 bits per heavy atom. The van der Waals surface area contributed by atoms with Crippen LogP contribution in [0.25, 0.3) is 11.2 Å². The van der Waals surface area contributed by atoms with Gasteiger partial charge >= 0.3 is 0 Å². The number of nitrogens with zero attached hydrogens (tertiary/aromatic N) is 4. The zero-order chi connectivity index (χ0) is 28.5. The molecule has 40 heavy (non-hydrogen) atoms. The molecule has 2 aliphatic heterocycles. The number of imidazole rings is 1. The largest absolute Gasteiger partial charge is 0.491 e. The molecule has 4 heterocycles. The van der Waals surface area contributed by atoms with E-state index in [4.69, 9.17) is 9.47 Å². The van der Waals surface area contributed by atoms with Crippen LogP contribution in [0.4, 0.5) is 0 Å². The lowest BCUT2D eigenvalue weighted by atomic mass is 9.88. The number of aliphatic hydroxyl groups excluding tert-OH is 1. The number of aryl methyl sites for hydroxylation is 1. The molecule has 0 unspecified atom stereocenters.